The van der Waals surface area contributed by atoms with Gasteiger partial charge in [-0.15, -0.1) is 0 Å². The normalized spacial score (nSPS) is 11.5. The fourth-order valence-corrected chi connectivity index (χ4v) is 4.30. The topological polar surface area (TPSA) is 124 Å². The van der Waals surface area contributed by atoms with Crippen molar-refractivity contribution in [2.24, 2.45) is 0 Å². The molecular weight excluding hydrogens is 559 g/mol. The van der Waals surface area contributed by atoms with Gasteiger partial charge in [0.25, 0.3) is 5.91 Å². The quantitative estimate of drug-likeness (QED) is 0.128. The first-order valence-corrected chi connectivity index (χ1v) is 13.1. The zero-order valence-electron chi connectivity index (χ0n) is 22.8. The fraction of sp³-hybridized carbons (Fsp3) is 0.0968. The van der Waals surface area contributed by atoms with Crippen molar-refractivity contribution >= 4 is 45.7 Å². The van der Waals surface area contributed by atoms with E-state index in [1.807, 2.05) is 0 Å². The number of nitrogens with one attached hydrogen (secondary N) is 5. The number of benzene rings is 3. The minimum absolute atomic E-state index is 0.0461. The SMILES string of the molecule is CNC/C=C/C(=O)Nc1ccc(C(=O)Nc2cccc(Nc3ncc(C(F)(F)F)c(-c4c[nH]c5ccccc45)n3)c2)cc1. The number of aromatic nitrogens is 3. The van der Waals surface area contributed by atoms with Gasteiger partial charge in [-0.3, -0.25) is 9.59 Å². The number of carbonyl (C=O) groups excluding carboxylic acids is 2. The highest BCUT2D eigenvalue weighted by Gasteiger charge is 2.36. The summed E-state index contributed by atoms with van der Waals surface area (Å²) in [5.74, 6) is -0.728. The van der Waals surface area contributed by atoms with E-state index in [0.29, 0.717) is 45.6 Å². The summed E-state index contributed by atoms with van der Waals surface area (Å²) in [4.78, 5) is 35.9. The Morgan fingerprint density at radius 1 is 0.930 bits per heavy atom. The number of hydrogen-bond donors (Lipinski definition) is 5. The smallest absolute Gasteiger partial charge is 0.360 e. The summed E-state index contributed by atoms with van der Waals surface area (Å²) in [7, 11) is 1.77. The number of anilines is 4. The molecule has 0 aliphatic rings. The Morgan fingerprint density at radius 2 is 1.70 bits per heavy atom. The fourth-order valence-electron chi connectivity index (χ4n) is 4.30. The highest BCUT2D eigenvalue weighted by Crippen LogP contribution is 2.38. The summed E-state index contributed by atoms with van der Waals surface area (Å²) in [5.41, 5.74) is 1.53. The third-order valence-electron chi connectivity index (χ3n) is 6.32. The Hall–Kier alpha value is -5.49. The minimum Gasteiger partial charge on any atom is -0.360 e. The second-order valence-electron chi connectivity index (χ2n) is 9.39. The molecule has 0 saturated carbocycles. The maximum absolute atomic E-state index is 13.9. The van der Waals surface area contributed by atoms with Gasteiger partial charge in [0, 0.05) is 64.1 Å². The average Bonchev–Trinajstić information content (AvgIpc) is 3.41. The number of para-hydroxylation sites is 1. The van der Waals surface area contributed by atoms with Crippen LogP contribution in [0.2, 0.25) is 0 Å². The van der Waals surface area contributed by atoms with Crippen molar-refractivity contribution in [2.45, 2.75) is 6.18 Å². The largest absolute Gasteiger partial charge is 0.419 e. The summed E-state index contributed by atoms with van der Waals surface area (Å²) in [6.45, 7) is 0.562. The van der Waals surface area contributed by atoms with Gasteiger partial charge in [0.05, 0.1) is 5.69 Å². The van der Waals surface area contributed by atoms with Crippen LogP contribution in [0.1, 0.15) is 15.9 Å². The molecule has 0 aliphatic carbocycles. The molecule has 12 heteroatoms. The number of rotatable bonds is 9. The monoisotopic (exact) mass is 585 g/mol. The number of likely N-dealkylation sites (N-methyl/N-ethyl adjacent to an activating group) is 1. The second kappa shape index (κ2) is 12.6. The van der Waals surface area contributed by atoms with Crippen LogP contribution in [-0.4, -0.2) is 40.4 Å². The molecule has 0 saturated heterocycles. The number of alkyl halides is 3. The molecule has 3 aromatic carbocycles. The molecule has 0 aliphatic heterocycles. The van der Waals surface area contributed by atoms with Crippen LogP contribution >= 0.6 is 0 Å². The van der Waals surface area contributed by atoms with Crippen LogP contribution in [0.25, 0.3) is 22.2 Å². The van der Waals surface area contributed by atoms with Crippen LogP contribution in [0, 0.1) is 0 Å². The van der Waals surface area contributed by atoms with Gasteiger partial charge in [-0.2, -0.15) is 13.2 Å². The van der Waals surface area contributed by atoms with Gasteiger partial charge in [-0.1, -0.05) is 30.3 Å². The molecule has 9 nitrogen and oxygen atoms in total. The number of halogens is 3. The standard InChI is InChI=1S/C31H26F3N7O2/c1-35-15-5-10-27(42)38-20-13-11-19(12-14-20)29(43)39-21-6-4-7-22(16-21)40-30-37-18-25(31(32,33)34)28(41-30)24-17-36-26-9-3-2-8-23(24)26/h2-14,16-18,35-36H,15H2,1H3,(H,38,42)(H,39,43)(H,37,40,41)/b10-5+. The van der Waals surface area contributed by atoms with Crippen LogP contribution in [0.15, 0.2) is 97.3 Å². The van der Waals surface area contributed by atoms with E-state index in [4.69, 9.17) is 0 Å². The molecule has 0 radical (unpaired) electrons. The zero-order chi connectivity index (χ0) is 30.4. The Morgan fingerprint density at radius 3 is 2.47 bits per heavy atom. The van der Waals surface area contributed by atoms with E-state index in [2.05, 4.69) is 36.2 Å². The van der Waals surface area contributed by atoms with Crippen molar-refractivity contribution < 1.29 is 22.8 Å². The zero-order valence-corrected chi connectivity index (χ0v) is 22.8. The first-order chi connectivity index (χ1) is 20.7. The molecule has 5 rings (SSSR count). The molecule has 218 valence electrons. The van der Waals surface area contributed by atoms with Crippen LogP contribution in [-0.2, 0) is 11.0 Å². The van der Waals surface area contributed by atoms with E-state index >= 15 is 0 Å². The lowest BCUT2D eigenvalue weighted by Gasteiger charge is -2.14. The molecule has 5 N–H and O–H groups in total. The Balaban J connectivity index is 1.31. The van der Waals surface area contributed by atoms with Crippen molar-refractivity contribution in [1.82, 2.24) is 20.3 Å². The van der Waals surface area contributed by atoms with Crippen LogP contribution < -0.4 is 21.3 Å². The van der Waals surface area contributed by atoms with Crippen LogP contribution in [0.3, 0.4) is 0 Å². The van der Waals surface area contributed by atoms with E-state index in [1.165, 1.54) is 12.3 Å². The minimum atomic E-state index is -4.66. The van der Waals surface area contributed by atoms with Crippen molar-refractivity contribution in [2.75, 3.05) is 29.5 Å². The van der Waals surface area contributed by atoms with E-state index in [9.17, 15) is 22.8 Å². The van der Waals surface area contributed by atoms with Gasteiger partial charge in [0.15, 0.2) is 0 Å². The molecule has 0 unspecified atom stereocenters. The van der Waals surface area contributed by atoms with E-state index in [1.54, 1.807) is 85.9 Å². The number of aromatic amines is 1. The summed E-state index contributed by atoms with van der Waals surface area (Å²) in [5, 5.41) is 11.9. The van der Waals surface area contributed by atoms with E-state index in [-0.39, 0.29) is 17.5 Å². The van der Waals surface area contributed by atoms with Crippen molar-refractivity contribution in [1.29, 1.82) is 0 Å². The van der Waals surface area contributed by atoms with Crippen LogP contribution in [0.5, 0.6) is 0 Å². The van der Waals surface area contributed by atoms with Gasteiger partial charge in [0.1, 0.15) is 5.56 Å². The van der Waals surface area contributed by atoms with Gasteiger partial charge in [0.2, 0.25) is 11.9 Å². The number of carbonyl (C=O) groups is 2. The number of fused-ring (bicyclic) bond motifs is 1. The molecule has 0 spiro atoms. The number of amides is 2. The van der Waals surface area contributed by atoms with Gasteiger partial charge >= 0.3 is 6.18 Å². The maximum atomic E-state index is 13.9. The Labute approximate surface area is 244 Å². The van der Waals surface area contributed by atoms with E-state index < -0.39 is 17.6 Å². The summed E-state index contributed by atoms with van der Waals surface area (Å²) in [6, 6.07) is 20.0. The lowest BCUT2D eigenvalue weighted by atomic mass is 10.1. The number of H-pyrrole nitrogens is 1. The Bertz CT molecular complexity index is 1800. The third kappa shape index (κ3) is 7.05. The molecule has 0 atom stereocenters. The van der Waals surface area contributed by atoms with Crippen LogP contribution in [0.4, 0.5) is 36.2 Å². The Kier molecular flexibility index (Phi) is 8.49. The molecule has 5 aromatic rings. The predicted octanol–water partition coefficient (Wildman–Crippen LogP) is 6.35. The lowest BCUT2D eigenvalue weighted by molar-refractivity contribution is -0.137. The number of nitrogens with zero attached hydrogens (tertiary/aromatic N) is 2. The van der Waals surface area contributed by atoms with Gasteiger partial charge in [-0.25, -0.2) is 9.97 Å². The molecule has 2 aromatic heterocycles. The van der Waals surface area contributed by atoms with Crippen molar-refractivity contribution in [3.05, 3.63) is 108 Å². The molecule has 2 heterocycles. The van der Waals surface area contributed by atoms with Crippen molar-refractivity contribution in [3.8, 4) is 11.3 Å². The average molecular weight is 586 g/mol. The summed E-state index contributed by atoms with van der Waals surface area (Å²) < 4.78 is 41.6. The van der Waals surface area contributed by atoms with Crippen molar-refractivity contribution in [3.63, 3.8) is 0 Å². The predicted molar refractivity (Wildman–Crippen MR) is 160 cm³/mol. The molecule has 2 amide bonds. The lowest BCUT2D eigenvalue weighted by Crippen LogP contribution is -2.13. The first kappa shape index (κ1) is 29.0. The molecular formula is C31H26F3N7O2. The summed E-state index contributed by atoms with van der Waals surface area (Å²) in [6.07, 6.45) is 0.681. The molecule has 0 bridgehead atoms. The highest BCUT2D eigenvalue weighted by atomic mass is 19.4. The number of hydrogen-bond acceptors (Lipinski definition) is 6. The maximum Gasteiger partial charge on any atom is 0.419 e. The second-order valence-corrected chi connectivity index (χ2v) is 9.39. The van der Waals surface area contributed by atoms with E-state index in [0.717, 1.165) is 6.20 Å². The highest BCUT2D eigenvalue weighted by molar-refractivity contribution is 6.05. The third-order valence-corrected chi connectivity index (χ3v) is 6.32. The molecule has 0 fully saturated rings. The first-order valence-electron chi connectivity index (χ1n) is 13.1. The van der Waals surface area contributed by atoms with Gasteiger partial charge < -0.3 is 26.3 Å². The summed E-state index contributed by atoms with van der Waals surface area (Å²) >= 11 is 0. The van der Waals surface area contributed by atoms with Gasteiger partial charge in [-0.05, 0) is 55.6 Å². The molecule has 43 heavy (non-hydrogen) atoms.